The Kier molecular flexibility index (Phi) is 11.4. The Labute approximate surface area is 204 Å². The van der Waals surface area contributed by atoms with Crippen molar-refractivity contribution in [3.8, 4) is 5.75 Å². The van der Waals surface area contributed by atoms with E-state index in [1.807, 2.05) is 29.2 Å². The summed E-state index contributed by atoms with van der Waals surface area (Å²) in [5.74, 6) is 1.68. The predicted molar refractivity (Wildman–Crippen MR) is 138 cm³/mol. The van der Waals surface area contributed by atoms with E-state index in [-0.39, 0.29) is 36.5 Å². The van der Waals surface area contributed by atoms with Crippen molar-refractivity contribution in [1.29, 1.82) is 0 Å². The van der Waals surface area contributed by atoms with E-state index in [4.69, 9.17) is 9.73 Å². The molecule has 0 aromatic heterocycles. The number of hydrogen-bond donors (Lipinski definition) is 2. The molecule has 3 rings (SSSR count). The number of fused-ring (bicyclic) bond motifs is 1. The standard InChI is InChI=1S/C23H37N5O2.HI/c1-3-5-14-27-16-11-19(12-17-27)26-23(24-4-2)25-13-8-15-28-20-9-6-7-10-21(20)30-18-22(28)29;/h6-7,9-10,19H,3-5,8,11-18H2,1-2H3,(H2,24,25,26);1H. The van der Waals surface area contributed by atoms with Gasteiger partial charge in [0, 0.05) is 38.8 Å². The molecule has 7 nitrogen and oxygen atoms in total. The van der Waals surface area contributed by atoms with Gasteiger partial charge in [0.1, 0.15) is 5.75 Å². The minimum absolute atomic E-state index is 0. The topological polar surface area (TPSA) is 69.2 Å². The predicted octanol–water partition coefficient (Wildman–Crippen LogP) is 3.24. The summed E-state index contributed by atoms with van der Waals surface area (Å²) in [6.45, 7) is 10.2. The Bertz CT molecular complexity index is 707. The minimum atomic E-state index is 0. The lowest BCUT2D eigenvalue weighted by Gasteiger charge is -2.33. The number of nitrogens with one attached hydrogen (secondary N) is 2. The van der Waals surface area contributed by atoms with E-state index in [0.29, 0.717) is 19.1 Å². The molecule has 0 radical (unpaired) electrons. The van der Waals surface area contributed by atoms with Crippen molar-refractivity contribution in [1.82, 2.24) is 15.5 Å². The maximum Gasteiger partial charge on any atom is 0.265 e. The van der Waals surface area contributed by atoms with Crippen LogP contribution in [0.25, 0.3) is 0 Å². The van der Waals surface area contributed by atoms with E-state index >= 15 is 0 Å². The number of carbonyl (C=O) groups excluding carboxylic acids is 1. The number of aliphatic imine (C=N–C) groups is 1. The maximum atomic E-state index is 12.3. The van der Waals surface area contributed by atoms with Gasteiger partial charge >= 0.3 is 0 Å². The number of piperidine rings is 1. The van der Waals surface area contributed by atoms with Crippen LogP contribution in [0.3, 0.4) is 0 Å². The molecule has 0 aliphatic carbocycles. The zero-order valence-electron chi connectivity index (χ0n) is 18.9. The summed E-state index contributed by atoms with van der Waals surface area (Å²) in [7, 11) is 0. The van der Waals surface area contributed by atoms with Gasteiger partial charge in [0.2, 0.25) is 0 Å². The first-order chi connectivity index (χ1) is 14.7. The lowest BCUT2D eigenvalue weighted by atomic mass is 10.0. The Morgan fingerprint density at radius 3 is 2.68 bits per heavy atom. The summed E-state index contributed by atoms with van der Waals surface area (Å²) in [5.41, 5.74) is 0.859. The van der Waals surface area contributed by atoms with Gasteiger partial charge in [-0.05, 0) is 51.3 Å². The van der Waals surface area contributed by atoms with Gasteiger partial charge in [-0.25, -0.2) is 0 Å². The van der Waals surface area contributed by atoms with Crippen LogP contribution >= 0.6 is 24.0 Å². The van der Waals surface area contributed by atoms with Gasteiger partial charge in [0.25, 0.3) is 5.91 Å². The van der Waals surface area contributed by atoms with E-state index < -0.39 is 0 Å². The number of halogens is 1. The fourth-order valence-electron chi connectivity index (χ4n) is 4.01. The molecule has 0 spiro atoms. The number of anilines is 1. The van der Waals surface area contributed by atoms with Crippen molar-refractivity contribution in [2.45, 2.75) is 52.0 Å². The van der Waals surface area contributed by atoms with Gasteiger partial charge in [-0.3, -0.25) is 9.79 Å². The summed E-state index contributed by atoms with van der Waals surface area (Å²) in [5, 5.41) is 6.97. The van der Waals surface area contributed by atoms with Gasteiger partial charge < -0.3 is 25.2 Å². The largest absolute Gasteiger partial charge is 0.482 e. The first kappa shape index (κ1) is 25.7. The second-order valence-corrected chi connectivity index (χ2v) is 8.03. The zero-order valence-corrected chi connectivity index (χ0v) is 21.3. The van der Waals surface area contributed by atoms with Gasteiger partial charge in [-0.15, -0.1) is 24.0 Å². The minimum Gasteiger partial charge on any atom is -0.482 e. The van der Waals surface area contributed by atoms with Gasteiger partial charge in [0.15, 0.2) is 12.6 Å². The number of nitrogens with zero attached hydrogens (tertiary/aromatic N) is 3. The van der Waals surface area contributed by atoms with Gasteiger partial charge in [0.05, 0.1) is 5.69 Å². The molecule has 0 bridgehead atoms. The molecule has 2 aliphatic rings. The van der Waals surface area contributed by atoms with E-state index in [0.717, 1.165) is 56.3 Å². The normalized spacial score (nSPS) is 17.5. The van der Waals surface area contributed by atoms with Crippen molar-refractivity contribution in [2.75, 3.05) is 50.8 Å². The summed E-state index contributed by atoms with van der Waals surface area (Å²) in [6, 6.07) is 8.20. The second kappa shape index (κ2) is 13.8. The third-order valence-electron chi connectivity index (χ3n) is 5.72. The number of hydrogen-bond acceptors (Lipinski definition) is 4. The number of ether oxygens (including phenoxy) is 1. The van der Waals surface area contributed by atoms with Crippen LogP contribution < -0.4 is 20.3 Å². The van der Waals surface area contributed by atoms with E-state index in [2.05, 4.69) is 29.4 Å². The van der Waals surface area contributed by atoms with Crippen molar-refractivity contribution < 1.29 is 9.53 Å². The molecule has 1 saturated heterocycles. The fourth-order valence-corrected chi connectivity index (χ4v) is 4.01. The molecule has 2 aliphatic heterocycles. The van der Waals surface area contributed by atoms with Crippen LogP contribution in [0.1, 0.15) is 46.0 Å². The van der Waals surface area contributed by atoms with E-state index in [1.165, 1.54) is 19.4 Å². The Balaban J connectivity index is 0.00000341. The molecule has 1 aromatic carbocycles. The molecule has 1 amide bonds. The number of amides is 1. The molecule has 2 N–H and O–H groups in total. The third kappa shape index (κ3) is 7.82. The van der Waals surface area contributed by atoms with Crippen LogP contribution in [0.2, 0.25) is 0 Å². The quantitative estimate of drug-likeness (QED) is 0.217. The maximum absolute atomic E-state index is 12.3. The highest BCUT2D eigenvalue weighted by atomic mass is 127. The first-order valence-corrected chi connectivity index (χ1v) is 11.5. The molecular formula is C23H38IN5O2. The van der Waals surface area contributed by atoms with E-state index in [9.17, 15) is 4.79 Å². The number of likely N-dealkylation sites (tertiary alicyclic amines) is 1. The zero-order chi connectivity index (χ0) is 21.2. The van der Waals surface area contributed by atoms with Crippen molar-refractivity contribution in [3.05, 3.63) is 24.3 Å². The first-order valence-electron chi connectivity index (χ1n) is 11.5. The highest BCUT2D eigenvalue weighted by molar-refractivity contribution is 14.0. The molecule has 0 unspecified atom stereocenters. The van der Waals surface area contributed by atoms with Crippen LogP contribution in [0, 0.1) is 0 Å². The lowest BCUT2D eigenvalue weighted by molar-refractivity contribution is -0.121. The summed E-state index contributed by atoms with van der Waals surface area (Å²) < 4.78 is 5.51. The van der Waals surface area contributed by atoms with Crippen LogP contribution in [-0.4, -0.2) is 68.7 Å². The SMILES string of the molecule is CCCCN1CCC(NC(=NCCCN2C(=O)COc3ccccc32)NCC)CC1.I. The van der Waals surface area contributed by atoms with Crippen molar-refractivity contribution in [2.24, 2.45) is 4.99 Å². The number of rotatable bonds is 9. The summed E-state index contributed by atoms with van der Waals surface area (Å²) >= 11 is 0. The monoisotopic (exact) mass is 543 g/mol. The van der Waals surface area contributed by atoms with Crippen LogP contribution in [0.4, 0.5) is 5.69 Å². The molecular weight excluding hydrogens is 505 g/mol. The molecule has 0 atom stereocenters. The lowest BCUT2D eigenvalue weighted by Crippen LogP contribution is -2.48. The summed E-state index contributed by atoms with van der Waals surface area (Å²) in [6.07, 6.45) is 5.68. The average Bonchev–Trinajstić information content (AvgIpc) is 2.77. The number of para-hydroxylation sites is 2. The number of benzene rings is 1. The third-order valence-corrected chi connectivity index (χ3v) is 5.72. The molecule has 0 saturated carbocycles. The van der Waals surface area contributed by atoms with Crippen LogP contribution in [0.15, 0.2) is 29.3 Å². The molecule has 31 heavy (non-hydrogen) atoms. The number of unbranched alkanes of at least 4 members (excludes halogenated alkanes) is 1. The van der Waals surface area contributed by atoms with Crippen LogP contribution in [-0.2, 0) is 4.79 Å². The molecule has 8 heteroatoms. The Hall–Kier alpha value is -1.55. The number of guanidine groups is 1. The molecule has 1 aromatic rings. The molecule has 174 valence electrons. The molecule has 1 fully saturated rings. The fraction of sp³-hybridized carbons (Fsp3) is 0.652. The van der Waals surface area contributed by atoms with Crippen LogP contribution in [0.5, 0.6) is 5.75 Å². The average molecular weight is 543 g/mol. The number of carbonyl (C=O) groups is 1. The molecule has 2 heterocycles. The summed E-state index contributed by atoms with van der Waals surface area (Å²) in [4.78, 5) is 21.4. The van der Waals surface area contributed by atoms with Crippen molar-refractivity contribution in [3.63, 3.8) is 0 Å². The smallest absolute Gasteiger partial charge is 0.265 e. The van der Waals surface area contributed by atoms with Gasteiger partial charge in [-0.1, -0.05) is 25.5 Å². The van der Waals surface area contributed by atoms with Crippen molar-refractivity contribution >= 4 is 41.5 Å². The highest BCUT2D eigenvalue weighted by Crippen LogP contribution is 2.31. The Morgan fingerprint density at radius 1 is 1.16 bits per heavy atom. The van der Waals surface area contributed by atoms with Gasteiger partial charge in [-0.2, -0.15) is 0 Å². The highest BCUT2D eigenvalue weighted by Gasteiger charge is 2.24. The second-order valence-electron chi connectivity index (χ2n) is 8.03. The Morgan fingerprint density at radius 2 is 1.94 bits per heavy atom. The van der Waals surface area contributed by atoms with E-state index in [1.54, 1.807) is 0 Å².